The first kappa shape index (κ1) is 16.4. The van der Waals surface area contributed by atoms with E-state index in [0.29, 0.717) is 6.61 Å². The van der Waals surface area contributed by atoms with Crippen molar-refractivity contribution in [3.05, 3.63) is 53.5 Å². The Bertz CT molecular complexity index is 501. The normalized spacial score (nSPS) is 12.9. The molecule has 0 heterocycles. The highest BCUT2D eigenvalue weighted by atomic mass is 32.2. The second kappa shape index (κ2) is 9.26. The van der Waals surface area contributed by atoms with Crippen molar-refractivity contribution in [2.75, 3.05) is 6.61 Å². The Morgan fingerprint density at radius 2 is 1.85 bits per heavy atom. The zero-order valence-corrected chi connectivity index (χ0v) is 12.7. The first-order valence-corrected chi connectivity index (χ1v) is 7.82. The van der Waals surface area contributed by atoms with Gasteiger partial charge in [-0.2, -0.15) is 0 Å². The van der Waals surface area contributed by atoms with Gasteiger partial charge < -0.3 is 4.74 Å². The van der Waals surface area contributed by atoms with Gasteiger partial charge >= 0.3 is 5.97 Å². The van der Waals surface area contributed by atoms with Crippen molar-refractivity contribution in [2.24, 2.45) is 0 Å². The molecule has 1 aromatic carbocycles. The highest BCUT2D eigenvalue weighted by Gasteiger charge is 1.97. The number of hydrogen-bond donors (Lipinski definition) is 0. The van der Waals surface area contributed by atoms with Crippen molar-refractivity contribution in [1.82, 2.24) is 0 Å². The summed E-state index contributed by atoms with van der Waals surface area (Å²) in [5, 5.41) is 1.68. The van der Waals surface area contributed by atoms with Gasteiger partial charge in [-0.1, -0.05) is 29.8 Å². The van der Waals surface area contributed by atoms with Crippen LogP contribution in [-0.4, -0.2) is 16.8 Å². The van der Waals surface area contributed by atoms with Crippen LogP contribution in [0.1, 0.15) is 25.3 Å². The molecule has 108 valence electrons. The van der Waals surface area contributed by atoms with Crippen LogP contribution in [0, 0.1) is 6.92 Å². The summed E-state index contributed by atoms with van der Waals surface area (Å²) in [7, 11) is -1.11. The molecule has 0 aromatic heterocycles. The highest BCUT2D eigenvalue weighted by Crippen LogP contribution is 2.09. The standard InChI is InChI=1S/C16H20O3S/c1-3-19-16(17)8-6-4-5-7-13-20(18)15-11-9-14(2)10-12-15/h6-13H,3-5H2,1-2H3/b8-6-,13-7+. The molecular weight excluding hydrogens is 272 g/mol. The van der Waals surface area contributed by atoms with Gasteiger partial charge in [0.25, 0.3) is 0 Å². The van der Waals surface area contributed by atoms with Crippen molar-refractivity contribution in [3.8, 4) is 0 Å². The molecule has 0 amide bonds. The van der Waals surface area contributed by atoms with Gasteiger partial charge in [0.1, 0.15) is 0 Å². The number of allylic oxidation sites excluding steroid dienone is 2. The predicted octanol–water partition coefficient (Wildman–Crippen LogP) is 3.52. The van der Waals surface area contributed by atoms with E-state index < -0.39 is 10.8 Å². The number of unbranched alkanes of at least 4 members (excludes halogenated alkanes) is 1. The van der Waals surface area contributed by atoms with E-state index in [0.717, 1.165) is 23.3 Å². The van der Waals surface area contributed by atoms with E-state index in [-0.39, 0.29) is 5.97 Å². The zero-order chi connectivity index (χ0) is 14.8. The van der Waals surface area contributed by atoms with Crippen LogP contribution in [0.5, 0.6) is 0 Å². The lowest BCUT2D eigenvalue weighted by molar-refractivity contribution is -0.137. The zero-order valence-electron chi connectivity index (χ0n) is 11.9. The van der Waals surface area contributed by atoms with E-state index >= 15 is 0 Å². The predicted molar refractivity (Wildman–Crippen MR) is 81.7 cm³/mol. The SMILES string of the molecule is CCOC(=O)/C=C\CC/C=C/S(=O)c1ccc(C)cc1. The molecule has 3 nitrogen and oxygen atoms in total. The Hall–Kier alpha value is -1.68. The summed E-state index contributed by atoms with van der Waals surface area (Å²) in [5.41, 5.74) is 1.15. The molecule has 0 spiro atoms. The number of ether oxygens (including phenoxy) is 1. The monoisotopic (exact) mass is 292 g/mol. The molecule has 0 aliphatic carbocycles. The molecule has 0 radical (unpaired) electrons. The molecule has 0 saturated heterocycles. The Balaban J connectivity index is 2.32. The lowest BCUT2D eigenvalue weighted by atomic mass is 10.2. The molecule has 1 rings (SSSR count). The van der Waals surface area contributed by atoms with Gasteiger partial charge in [-0.25, -0.2) is 9.00 Å². The van der Waals surface area contributed by atoms with Gasteiger partial charge in [0.2, 0.25) is 0 Å². The fraction of sp³-hybridized carbons (Fsp3) is 0.312. The van der Waals surface area contributed by atoms with Crippen LogP contribution >= 0.6 is 0 Å². The second-order valence-corrected chi connectivity index (χ2v) is 5.55. The smallest absolute Gasteiger partial charge is 0.330 e. The maximum Gasteiger partial charge on any atom is 0.330 e. The number of rotatable bonds is 7. The Morgan fingerprint density at radius 3 is 2.50 bits per heavy atom. The molecule has 1 atom stereocenters. The summed E-state index contributed by atoms with van der Waals surface area (Å²) in [6.07, 6.45) is 6.52. The van der Waals surface area contributed by atoms with Crippen molar-refractivity contribution in [3.63, 3.8) is 0 Å². The van der Waals surface area contributed by atoms with Crippen molar-refractivity contribution >= 4 is 16.8 Å². The summed E-state index contributed by atoms with van der Waals surface area (Å²) < 4.78 is 16.7. The van der Waals surface area contributed by atoms with Gasteiger partial charge in [0, 0.05) is 16.4 Å². The molecule has 20 heavy (non-hydrogen) atoms. The molecule has 0 N–H and O–H groups in total. The summed E-state index contributed by atoms with van der Waals surface area (Å²) in [4.78, 5) is 11.8. The third-order valence-corrected chi connectivity index (χ3v) is 3.69. The molecule has 0 aliphatic heterocycles. The largest absolute Gasteiger partial charge is 0.463 e. The third-order valence-electron chi connectivity index (χ3n) is 2.51. The van der Waals surface area contributed by atoms with E-state index in [1.165, 1.54) is 6.08 Å². The molecule has 0 saturated carbocycles. The van der Waals surface area contributed by atoms with Gasteiger partial charge in [-0.3, -0.25) is 0 Å². The number of carbonyl (C=O) groups is 1. The quantitative estimate of drug-likeness (QED) is 0.439. The van der Waals surface area contributed by atoms with Crippen LogP contribution in [0.3, 0.4) is 0 Å². The van der Waals surface area contributed by atoms with E-state index in [1.54, 1.807) is 18.4 Å². The first-order valence-electron chi connectivity index (χ1n) is 6.60. The molecule has 4 heteroatoms. The molecule has 1 unspecified atom stereocenters. The molecule has 1 aromatic rings. The minimum atomic E-state index is -1.11. The Labute approximate surface area is 122 Å². The van der Waals surface area contributed by atoms with E-state index in [9.17, 15) is 9.00 Å². The number of hydrogen-bond acceptors (Lipinski definition) is 3. The average Bonchev–Trinajstić information content (AvgIpc) is 2.43. The highest BCUT2D eigenvalue weighted by molar-refractivity contribution is 7.88. The van der Waals surface area contributed by atoms with Gasteiger partial charge in [0.15, 0.2) is 0 Å². The number of carbonyl (C=O) groups excluding carboxylic acids is 1. The molecule has 0 fully saturated rings. The Kier molecular flexibility index (Phi) is 7.58. The number of benzene rings is 1. The molecule has 0 bridgehead atoms. The fourth-order valence-electron chi connectivity index (χ4n) is 1.47. The minimum Gasteiger partial charge on any atom is -0.463 e. The Morgan fingerprint density at radius 1 is 1.20 bits per heavy atom. The van der Waals surface area contributed by atoms with Gasteiger partial charge in [0.05, 0.1) is 17.4 Å². The lowest BCUT2D eigenvalue weighted by Crippen LogP contribution is -1.98. The van der Waals surface area contributed by atoms with Crippen LogP contribution in [0.15, 0.2) is 52.8 Å². The number of aryl methyl sites for hydroxylation is 1. The van der Waals surface area contributed by atoms with Crippen LogP contribution in [0.2, 0.25) is 0 Å². The van der Waals surface area contributed by atoms with E-state index in [1.807, 2.05) is 37.3 Å². The van der Waals surface area contributed by atoms with Crippen LogP contribution in [0.4, 0.5) is 0 Å². The van der Waals surface area contributed by atoms with Gasteiger partial charge in [-0.15, -0.1) is 0 Å². The van der Waals surface area contributed by atoms with Crippen molar-refractivity contribution in [2.45, 2.75) is 31.6 Å². The van der Waals surface area contributed by atoms with Crippen LogP contribution < -0.4 is 0 Å². The topological polar surface area (TPSA) is 43.4 Å². The summed E-state index contributed by atoms with van der Waals surface area (Å²) in [6.45, 7) is 4.16. The van der Waals surface area contributed by atoms with Crippen LogP contribution in [-0.2, 0) is 20.3 Å². The molecule has 0 aliphatic rings. The maximum absolute atomic E-state index is 11.9. The molecular formula is C16H20O3S. The fourth-order valence-corrected chi connectivity index (χ4v) is 2.34. The minimum absolute atomic E-state index is 0.320. The third kappa shape index (κ3) is 6.48. The second-order valence-electron chi connectivity index (χ2n) is 4.21. The maximum atomic E-state index is 11.9. The number of esters is 1. The summed E-state index contributed by atoms with van der Waals surface area (Å²) in [5.74, 6) is -0.320. The van der Waals surface area contributed by atoms with Crippen LogP contribution in [0.25, 0.3) is 0 Å². The van der Waals surface area contributed by atoms with Crippen molar-refractivity contribution < 1.29 is 13.7 Å². The van der Waals surface area contributed by atoms with E-state index in [4.69, 9.17) is 4.74 Å². The van der Waals surface area contributed by atoms with Gasteiger partial charge in [-0.05, 0) is 38.8 Å². The average molecular weight is 292 g/mol. The van der Waals surface area contributed by atoms with E-state index in [2.05, 4.69) is 0 Å². The van der Waals surface area contributed by atoms with Crippen molar-refractivity contribution in [1.29, 1.82) is 0 Å². The first-order chi connectivity index (χ1) is 9.63. The lowest BCUT2D eigenvalue weighted by Gasteiger charge is -1.97. The summed E-state index contributed by atoms with van der Waals surface area (Å²) >= 11 is 0. The summed E-state index contributed by atoms with van der Waals surface area (Å²) in [6, 6.07) is 7.64.